The van der Waals surface area contributed by atoms with Gasteiger partial charge in [-0.3, -0.25) is 9.89 Å². The molecule has 1 heterocycles. The SMILES string of the molecule is CCNC(=NCC(CC)N1CCCC1)NCC(O)c1ccc(OC(F)F)cc1.I. The predicted octanol–water partition coefficient (Wildman–Crippen LogP) is 3.37. The number of nitrogens with one attached hydrogen (secondary N) is 2. The minimum Gasteiger partial charge on any atom is -0.435 e. The van der Waals surface area contributed by atoms with Gasteiger partial charge in [-0.2, -0.15) is 8.78 Å². The second-order valence-corrected chi connectivity index (χ2v) is 6.87. The molecule has 1 aromatic carbocycles. The molecule has 166 valence electrons. The Balaban J connectivity index is 0.00000420. The van der Waals surface area contributed by atoms with E-state index in [2.05, 4.69) is 32.2 Å². The fourth-order valence-electron chi connectivity index (χ4n) is 3.33. The van der Waals surface area contributed by atoms with Gasteiger partial charge >= 0.3 is 6.61 Å². The Kier molecular flexibility index (Phi) is 12.4. The minimum absolute atomic E-state index is 0. The molecule has 0 spiro atoms. The predicted molar refractivity (Wildman–Crippen MR) is 122 cm³/mol. The van der Waals surface area contributed by atoms with Crippen molar-refractivity contribution in [2.75, 3.05) is 32.7 Å². The smallest absolute Gasteiger partial charge is 0.387 e. The second-order valence-electron chi connectivity index (χ2n) is 6.87. The number of aliphatic imine (C=N–C) groups is 1. The number of benzene rings is 1. The first-order chi connectivity index (χ1) is 13.5. The molecule has 0 radical (unpaired) electrons. The highest BCUT2D eigenvalue weighted by molar-refractivity contribution is 14.0. The zero-order chi connectivity index (χ0) is 20.4. The molecule has 0 bridgehead atoms. The van der Waals surface area contributed by atoms with Crippen molar-refractivity contribution in [1.29, 1.82) is 0 Å². The van der Waals surface area contributed by atoms with Gasteiger partial charge in [-0.05, 0) is 57.0 Å². The number of nitrogens with zero attached hydrogens (tertiary/aromatic N) is 2. The fraction of sp³-hybridized carbons (Fsp3) is 0.650. The van der Waals surface area contributed by atoms with E-state index in [1.54, 1.807) is 12.1 Å². The maximum absolute atomic E-state index is 12.2. The van der Waals surface area contributed by atoms with Gasteiger partial charge in [0.15, 0.2) is 5.96 Å². The van der Waals surface area contributed by atoms with Gasteiger partial charge in [0, 0.05) is 19.1 Å². The van der Waals surface area contributed by atoms with Gasteiger partial charge in [0.25, 0.3) is 0 Å². The zero-order valence-corrected chi connectivity index (χ0v) is 19.4. The van der Waals surface area contributed by atoms with Gasteiger partial charge in [0.1, 0.15) is 5.75 Å². The molecule has 0 aromatic heterocycles. The number of ether oxygens (including phenoxy) is 1. The molecule has 1 fully saturated rings. The number of rotatable bonds is 10. The number of halogens is 3. The van der Waals surface area contributed by atoms with E-state index in [4.69, 9.17) is 0 Å². The van der Waals surface area contributed by atoms with Crippen molar-refractivity contribution in [3.05, 3.63) is 29.8 Å². The largest absolute Gasteiger partial charge is 0.435 e. The number of hydrogen-bond acceptors (Lipinski definition) is 4. The van der Waals surface area contributed by atoms with Crippen LogP contribution >= 0.6 is 24.0 Å². The molecular formula is C20H33F2IN4O2. The molecule has 1 aromatic rings. The Bertz CT molecular complexity index is 599. The van der Waals surface area contributed by atoms with Crippen LogP contribution in [-0.4, -0.2) is 61.3 Å². The lowest BCUT2D eigenvalue weighted by atomic mass is 10.1. The molecule has 0 aliphatic carbocycles. The Morgan fingerprint density at radius 2 is 1.83 bits per heavy atom. The van der Waals surface area contributed by atoms with Crippen LogP contribution in [0, 0.1) is 0 Å². The monoisotopic (exact) mass is 526 g/mol. The molecule has 2 rings (SSSR count). The van der Waals surface area contributed by atoms with Gasteiger partial charge in [0.05, 0.1) is 12.6 Å². The number of likely N-dealkylation sites (tertiary alicyclic amines) is 1. The van der Waals surface area contributed by atoms with Gasteiger partial charge in [-0.1, -0.05) is 19.1 Å². The van der Waals surface area contributed by atoms with Crippen LogP contribution in [0.1, 0.15) is 44.8 Å². The van der Waals surface area contributed by atoms with E-state index in [0.29, 0.717) is 24.1 Å². The Morgan fingerprint density at radius 1 is 1.17 bits per heavy atom. The summed E-state index contributed by atoms with van der Waals surface area (Å²) >= 11 is 0. The van der Waals surface area contributed by atoms with E-state index >= 15 is 0 Å². The number of guanidine groups is 1. The molecule has 0 amide bonds. The third kappa shape index (κ3) is 9.00. The highest BCUT2D eigenvalue weighted by atomic mass is 127. The van der Waals surface area contributed by atoms with E-state index < -0.39 is 12.7 Å². The van der Waals surface area contributed by atoms with Crippen molar-refractivity contribution in [1.82, 2.24) is 15.5 Å². The van der Waals surface area contributed by atoms with Crippen LogP contribution in [0.2, 0.25) is 0 Å². The number of aliphatic hydroxyl groups is 1. The first-order valence-corrected chi connectivity index (χ1v) is 10.0. The molecule has 29 heavy (non-hydrogen) atoms. The van der Waals surface area contributed by atoms with Gasteiger partial charge in [-0.25, -0.2) is 0 Å². The standard InChI is InChI=1S/C20H32F2N4O2.HI/c1-3-16(26-11-5-6-12-26)13-24-20(23-4-2)25-14-18(27)15-7-9-17(10-8-15)28-19(21)22;/h7-10,16,18-19,27H,3-6,11-14H2,1-2H3,(H2,23,24,25);1H. The normalized spacial score (nSPS) is 17.0. The van der Waals surface area contributed by atoms with Crippen molar-refractivity contribution in [2.45, 2.75) is 51.9 Å². The molecule has 1 aliphatic rings. The Labute approximate surface area is 189 Å². The molecule has 1 aliphatic heterocycles. The average Bonchev–Trinajstić information content (AvgIpc) is 3.21. The number of aliphatic hydroxyl groups excluding tert-OH is 1. The summed E-state index contributed by atoms with van der Waals surface area (Å²) < 4.78 is 28.7. The van der Waals surface area contributed by atoms with Gasteiger partial charge < -0.3 is 20.5 Å². The lowest BCUT2D eigenvalue weighted by Gasteiger charge is -2.25. The van der Waals surface area contributed by atoms with Crippen LogP contribution in [0.4, 0.5) is 8.78 Å². The lowest BCUT2D eigenvalue weighted by Crippen LogP contribution is -2.41. The molecule has 0 saturated carbocycles. The van der Waals surface area contributed by atoms with Gasteiger partial charge in [0.2, 0.25) is 0 Å². The van der Waals surface area contributed by atoms with Crippen molar-refractivity contribution < 1.29 is 18.6 Å². The molecule has 1 saturated heterocycles. The zero-order valence-electron chi connectivity index (χ0n) is 17.1. The van der Waals surface area contributed by atoms with Crippen LogP contribution in [-0.2, 0) is 0 Å². The highest BCUT2D eigenvalue weighted by Gasteiger charge is 2.20. The topological polar surface area (TPSA) is 69.1 Å². The Hall–Kier alpha value is -1.20. The van der Waals surface area contributed by atoms with Crippen molar-refractivity contribution in [3.63, 3.8) is 0 Å². The summed E-state index contributed by atoms with van der Waals surface area (Å²) in [5.74, 6) is 0.734. The van der Waals surface area contributed by atoms with E-state index in [1.807, 2.05) is 6.92 Å². The third-order valence-corrected chi connectivity index (χ3v) is 4.89. The summed E-state index contributed by atoms with van der Waals surface area (Å²) in [7, 11) is 0. The van der Waals surface area contributed by atoms with Crippen molar-refractivity contribution in [3.8, 4) is 5.75 Å². The molecule has 2 unspecified atom stereocenters. The van der Waals surface area contributed by atoms with Crippen LogP contribution in [0.25, 0.3) is 0 Å². The first kappa shape index (κ1) is 25.8. The van der Waals surface area contributed by atoms with Crippen LogP contribution in [0.15, 0.2) is 29.3 Å². The third-order valence-electron chi connectivity index (χ3n) is 4.89. The molecule has 6 nitrogen and oxygen atoms in total. The van der Waals surface area contributed by atoms with Crippen molar-refractivity contribution in [2.24, 2.45) is 4.99 Å². The number of alkyl halides is 2. The summed E-state index contributed by atoms with van der Waals surface area (Å²) in [6.45, 7) is 5.30. The summed E-state index contributed by atoms with van der Waals surface area (Å²) in [6, 6.07) is 6.44. The molecule has 3 N–H and O–H groups in total. The number of hydrogen-bond donors (Lipinski definition) is 3. The molecule has 2 atom stereocenters. The van der Waals surface area contributed by atoms with Gasteiger partial charge in [-0.15, -0.1) is 24.0 Å². The lowest BCUT2D eigenvalue weighted by molar-refractivity contribution is -0.0498. The van der Waals surface area contributed by atoms with E-state index in [1.165, 1.54) is 25.0 Å². The van der Waals surface area contributed by atoms with E-state index in [9.17, 15) is 13.9 Å². The maximum Gasteiger partial charge on any atom is 0.387 e. The maximum atomic E-state index is 12.2. The van der Waals surface area contributed by atoms with Crippen LogP contribution < -0.4 is 15.4 Å². The van der Waals surface area contributed by atoms with Crippen LogP contribution in [0.3, 0.4) is 0 Å². The minimum atomic E-state index is -2.86. The average molecular weight is 526 g/mol. The molecular weight excluding hydrogens is 493 g/mol. The summed E-state index contributed by atoms with van der Waals surface area (Å²) in [5, 5.41) is 16.7. The quantitative estimate of drug-likeness (QED) is 0.248. The van der Waals surface area contributed by atoms with E-state index in [0.717, 1.165) is 26.1 Å². The summed E-state index contributed by atoms with van der Waals surface area (Å²) in [4.78, 5) is 7.17. The first-order valence-electron chi connectivity index (χ1n) is 10.0. The van der Waals surface area contributed by atoms with Crippen LogP contribution in [0.5, 0.6) is 5.75 Å². The summed E-state index contributed by atoms with van der Waals surface area (Å²) in [5.41, 5.74) is 0.619. The fourth-order valence-corrected chi connectivity index (χ4v) is 3.33. The highest BCUT2D eigenvalue weighted by Crippen LogP contribution is 2.19. The summed E-state index contributed by atoms with van der Waals surface area (Å²) in [6.07, 6.45) is 2.78. The van der Waals surface area contributed by atoms with E-state index in [-0.39, 0.29) is 36.3 Å². The Morgan fingerprint density at radius 3 is 2.38 bits per heavy atom. The second kappa shape index (κ2) is 13.9. The van der Waals surface area contributed by atoms with Crippen molar-refractivity contribution >= 4 is 29.9 Å². The molecule has 9 heteroatoms.